The van der Waals surface area contributed by atoms with E-state index in [1.165, 1.54) is 23.0 Å². The zero-order valence-corrected chi connectivity index (χ0v) is 17.2. The highest BCUT2D eigenvalue weighted by Crippen LogP contribution is 2.34. The van der Waals surface area contributed by atoms with Crippen molar-refractivity contribution < 1.29 is 17.6 Å². The van der Waals surface area contributed by atoms with Crippen molar-refractivity contribution in [1.82, 2.24) is 29.8 Å². The first-order valence-electron chi connectivity index (χ1n) is 9.31. The van der Waals surface area contributed by atoms with Gasteiger partial charge in [-0.05, 0) is 54.2 Å². The third-order valence-electron chi connectivity index (χ3n) is 4.56. The highest BCUT2D eigenvalue weighted by molar-refractivity contribution is 7.99. The Balaban J connectivity index is 1.50. The fraction of sp³-hybridized carbons (Fsp3) is 0.0476. The fourth-order valence-corrected chi connectivity index (χ4v) is 3.77. The van der Waals surface area contributed by atoms with E-state index in [-0.39, 0.29) is 28.1 Å². The van der Waals surface area contributed by atoms with Gasteiger partial charge in [-0.15, -0.1) is 10.2 Å². The summed E-state index contributed by atoms with van der Waals surface area (Å²) in [7, 11) is 0. The lowest BCUT2D eigenvalue weighted by molar-refractivity contribution is -0.137. The number of halogens is 3. The highest BCUT2D eigenvalue weighted by atomic mass is 32.2. The summed E-state index contributed by atoms with van der Waals surface area (Å²) in [6, 6.07) is 15.1. The summed E-state index contributed by atoms with van der Waals surface area (Å²) >= 11 is 1.07. The second kappa shape index (κ2) is 8.03. The number of nitrogens with zero attached hydrogens (tertiary/aromatic N) is 7. The maximum Gasteiger partial charge on any atom is 0.416 e. The maximum absolute atomic E-state index is 13.1. The number of benzene rings is 2. The zero-order chi connectivity index (χ0) is 23.0. The first-order chi connectivity index (χ1) is 15.9. The summed E-state index contributed by atoms with van der Waals surface area (Å²) < 4.78 is 46.6. The van der Waals surface area contributed by atoms with Gasteiger partial charge in [0.25, 0.3) is 11.0 Å². The van der Waals surface area contributed by atoms with Gasteiger partial charge in [0.1, 0.15) is 11.4 Å². The molecule has 3 heterocycles. The quantitative estimate of drug-likeness (QED) is 0.346. The van der Waals surface area contributed by atoms with Crippen LogP contribution in [0.4, 0.5) is 13.2 Å². The lowest BCUT2D eigenvalue weighted by atomic mass is 10.1. The first kappa shape index (κ1) is 20.7. The molecule has 8 nitrogen and oxygen atoms in total. The van der Waals surface area contributed by atoms with Crippen molar-refractivity contribution in [2.45, 2.75) is 16.4 Å². The van der Waals surface area contributed by atoms with E-state index in [0.717, 1.165) is 23.9 Å². The van der Waals surface area contributed by atoms with Gasteiger partial charge in [0.05, 0.1) is 22.9 Å². The molecule has 12 heteroatoms. The number of aromatic nitrogens is 6. The van der Waals surface area contributed by atoms with Crippen molar-refractivity contribution in [3.63, 3.8) is 0 Å². The van der Waals surface area contributed by atoms with E-state index in [1.54, 1.807) is 30.3 Å². The van der Waals surface area contributed by atoms with Crippen molar-refractivity contribution in [3.8, 4) is 28.8 Å². The Morgan fingerprint density at radius 2 is 1.82 bits per heavy atom. The van der Waals surface area contributed by atoms with Crippen molar-refractivity contribution in [3.05, 3.63) is 72.1 Å². The van der Waals surface area contributed by atoms with Crippen LogP contribution >= 0.6 is 11.8 Å². The number of hydrogen-bond acceptors (Lipinski definition) is 8. The van der Waals surface area contributed by atoms with Crippen LogP contribution in [0.15, 0.2) is 75.6 Å². The van der Waals surface area contributed by atoms with E-state index >= 15 is 0 Å². The summed E-state index contributed by atoms with van der Waals surface area (Å²) in [6.07, 6.45) is -3.18. The maximum atomic E-state index is 13.1. The molecule has 0 fully saturated rings. The highest BCUT2D eigenvalue weighted by Gasteiger charge is 2.30. The number of fused-ring (bicyclic) bond motifs is 1. The molecule has 162 valence electrons. The van der Waals surface area contributed by atoms with Gasteiger partial charge in [0.2, 0.25) is 5.89 Å². The lowest BCUT2D eigenvalue weighted by Gasteiger charge is -2.09. The van der Waals surface area contributed by atoms with Gasteiger partial charge in [0.15, 0.2) is 0 Å². The number of alkyl halides is 3. The second-order valence-electron chi connectivity index (χ2n) is 6.69. The van der Waals surface area contributed by atoms with Crippen LogP contribution in [0.2, 0.25) is 0 Å². The molecule has 0 aliphatic rings. The Morgan fingerprint density at radius 1 is 1.00 bits per heavy atom. The summed E-state index contributed by atoms with van der Waals surface area (Å²) in [6.45, 7) is 0. The molecule has 5 aromatic rings. The fourth-order valence-electron chi connectivity index (χ4n) is 3.01. The smallest absolute Gasteiger partial charge is 0.411 e. The molecule has 0 unspecified atom stereocenters. The monoisotopic (exact) mass is 465 g/mol. The minimum absolute atomic E-state index is 0.187. The van der Waals surface area contributed by atoms with Crippen molar-refractivity contribution >= 4 is 17.5 Å². The van der Waals surface area contributed by atoms with Gasteiger partial charge in [-0.1, -0.05) is 12.1 Å². The molecule has 5 rings (SSSR count). The van der Waals surface area contributed by atoms with E-state index in [0.29, 0.717) is 16.2 Å². The third-order valence-corrected chi connectivity index (χ3v) is 5.40. The Labute approximate surface area is 187 Å². The van der Waals surface area contributed by atoms with Gasteiger partial charge in [-0.3, -0.25) is 0 Å². The molecular formula is C21H10F3N7OS. The molecular weight excluding hydrogens is 455 g/mol. The van der Waals surface area contributed by atoms with Crippen LogP contribution < -0.4 is 0 Å². The third kappa shape index (κ3) is 4.13. The molecule has 0 saturated heterocycles. The van der Waals surface area contributed by atoms with Crippen molar-refractivity contribution in [2.24, 2.45) is 0 Å². The average Bonchev–Trinajstić information content (AvgIpc) is 3.48. The normalized spacial score (nSPS) is 11.6. The van der Waals surface area contributed by atoms with Gasteiger partial charge >= 0.3 is 6.18 Å². The van der Waals surface area contributed by atoms with Gasteiger partial charge in [0, 0.05) is 11.1 Å². The van der Waals surface area contributed by atoms with Gasteiger partial charge in [-0.2, -0.15) is 33.0 Å². The van der Waals surface area contributed by atoms with Crippen LogP contribution in [-0.2, 0) is 6.18 Å². The molecule has 0 bridgehead atoms. The second-order valence-corrected chi connectivity index (χ2v) is 7.67. The standard InChI is InChI=1S/C21H10F3N7OS/c22-21(23,24)15-3-1-2-14(8-15)16-9-17(31-19(28-16)26-11-27-31)33-20-30-29-18(32-20)13-6-4-12(10-25)5-7-13/h1-9,11H. The number of rotatable bonds is 4. The van der Waals surface area contributed by atoms with Crippen molar-refractivity contribution in [2.75, 3.05) is 0 Å². The molecule has 3 aromatic heterocycles. The largest absolute Gasteiger partial charge is 0.416 e. The Kier molecular flexibility index (Phi) is 5.02. The van der Waals surface area contributed by atoms with E-state index < -0.39 is 11.7 Å². The number of nitriles is 1. The average molecular weight is 465 g/mol. The van der Waals surface area contributed by atoms with Gasteiger partial charge < -0.3 is 4.42 Å². The molecule has 0 atom stereocenters. The SMILES string of the molecule is N#Cc1ccc(-c2nnc(Sc3cc(-c4cccc(C(F)(F)F)c4)nc4ncnn34)o2)cc1. The van der Waals surface area contributed by atoms with E-state index in [2.05, 4.69) is 25.3 Å². The predicted molar refractivity (Wildman–Crippen MR) is 110 cm³/mol. The summed E-state index contributed by atoms with van der Waals surface area (Å²) in [4.78, 5) is 8.38. The lowest BCUT2D eigenvalue weighted by Crippen LogP contribution is -2.05. The topological polar surface area (TPSA) is 106 Å². The van der Waals surface area contributed by atoms with Crippen LogP contribution in [-0.4, -0.2) is 29.8 Å². The molecule has 0 spiro atoms. The Morgan fingerprint density at radius 3 is 2.58 bits per heavy atom. The van der Waals surface area contributed by atoms with Crippen LogP contribution in [0, 0.1) is 11.3 Å². The molecule has 0 aliphatic carbocycles. The molecule has 33 heavy (non-hydrogen) atoms. The van der Waals surface area contributed by atoms with E-state index in [9.17, 15) is 13.2 Å². The predicted octanol–water partition coefficient (Wildman–Crippen LogP) is 4.88. The van der Waals surface area contributed by atoms with Crippen LogP contribution in [0.3, 0.4) is 0 Å². The molecule has 0 amide bonds. The van der Waals surface area contributed by atoms with Gasteiger partial charge in [-0.25, -0.2) is 4.98 Å². The van der Waals surface area contributed by atoms with Crippen LogP contribution in [0.5, 0.6) is 0 Å². The minimum Gasteiger partial charge on any atom is -0.411 e. The summed E-state index contributed by atoms with van der Waals surface area (Å²) in [5, 5.41) is 21.7. The van der Waals surface area contributed by atoms with E-state index in [4.69, 9.17) is 9.68 Å². The first-order valence-corrected chi connectivity index (χ1v) is 10.1. The minimum atomic E-state index is -4.47. The molecule has 2 aromatic carbocycles. The molecule has 0 aliphatic heterocycles. The summed E-state index contributed by atoms with van der Waals surface area (Å²) in [5.74, 6) is 0.461. The van der Waals surface area contributed by atoms with Crippen LogP contribution in [0.25, 0.3) is 28.5 Å². The molecule has 0 radical (unpaired) electrons. The summed E-state index contributed by atoms with van der Waals surface area (Å²) in [5.41, 5.74) is 0.928. The van der Waals surface area contributed by atoms with Crippen LogP contribution in [0.1, 0.15) is 11.1 Å². The van der Waals surface area contributed by atoms with E-state index in [1.807, 2.05) is 6.07 Å². The Hall–Kier alpha value is -4.24. The van der Waals surface area contributed by atoms with Crippen molar-refractivity contribution in [1.29, 1.82) is 5.26 Å². The molecule has 0 saturated carbocycles. The zero-order valence-electron chi connectivity index (χ0n) is 16.4. The molecule has 0 N–H and O–H groups in total. The Bertz CT molecular complexity index is 1500. The number of hydrogen-bond donors (Lipinski definition) is 0.